The molecule has 0 radical (unpaired) electrons. The van der Waals surface area contributed by atoms with Crippen LogP contribution in [0.2, 0.25) is 0 Å². The van der Waals surface area contributed by atoms with Gasteiger partial charge in [-0.2, -0.15) is 0 Å². The molecular weight excluding hydrogens is 165 g/mol. The van der Waals surface area contributed by atoms with E-state index < -0.39 is 0 Å². The fraction of sp³-hybridized carbons (Fsp3) is 0.545. The number of hydrogen-bond acceptors (Lipinski definition) is 1. The largest absolute Gasteiger partial charge is 0.264 e. The Morgan fingerprint density at radius 1 is 1.46 bits per heavy atom. The van der Waals surface area contributed by atoms with Crippen LogP contribution in [0, 0.1) is 5.82 Å². The van der Waals surface area contributed by atoms with Gasteiger partial charge >= 0.3 is 0 Å². The molecule has 0 N–H and O–H groups in total. The number of halogens is 1. The highest BCUT2D eigenvalue weighted by Gasteiger charge is 2.12. The van der Waals surface area contributed by atoms with Gasteiger partial charge in [-0.05, 0) is 24.8 Å². The molecule has 1 atom stereocenters. The summed E-state index contributed by atoms with van der Waals surface area (Å²) in [5, 5.41) is 0. The minimum Gasteiger partial charge on any atom is -0.264 e. The normalized spacial score (nSPS) is 12.8. The second kappa shape index (κ2) is 4.95. The van der Waals surface area contributed by atoms with E-state index in [2.05, 4.69) is 18.8 Å². The van der Waals surface area contributed by atoms with Crippen molar-refractivity contribution in [1.82, 2.24) is 4.98 Å². The maximum Gasteiger partial charge on any atom is 0.129 e. The highest BCUT2D eigenvalue weighted by Crippen LogP contribution is 2.25. The van der Waals surface area contributed by atoms with E-state index in [1.54, 1.807) is 6.20 Å². The molecule has 1 aromatic heterocycles. The molecule has 2 heteroatoms. The van der Waals surface area contributed by atoms with E-state index in [1.807, 2.05) is 0 Å². The topological polar surface area (TPSA) is 12.9 Å². The van der Waals surface area contributed by atoms with Crippen LogP contribution in [0.5, 0.6) is 0 Å². The van der Waals surface area contributed by atoms with E-state index in [0.717, 1.165) is 24.8 Å². The predicted molar refractivity (Wildman–Crippen MR) is 52.1 cm³/mol. The molecule has 1 rings (SSSR count). The molecule has 0 fully saturated rings. The van der Waals surface area contributed by atoms with Crippen molar-refractivity contribution in [1.29, 1.82) is 0 Å². The number of nitrogens with zero attached hydrogens (tertiary/aromatic N) is 1. The highest BCUT2D eigenvalue weighted by molar-refractivity contribution is 5.16. The molecule has 0 aliphatic rings. The zero-order chi connectivity index (χ0) is 9.68. The lowest BCUT2D eigenvalue weighted by Crippen LogP contribution is -2.00. The summed E-state index contributed by atoms with van der Waals surface area (Å²) in [5.74, 6) is 0.217. The Bertz CT molecular complexity index is 260. The first-order valence-electron chi connectivity index (χ1n) is 4.89. The zero-order valence-electron chi connectivity index (χ0n) is 8.26. The van der Waals surface area contributed by atoms with Crippen LogP contribution in [0.25, 0.3) is 0 Å². The molecular formula is C11H16FN. The van der Waals surface area contributed by atoms with Gasteiger partial charge in [0.15, 0.2) is 0 Å². The first kappa shape index (κ1) is 10.2. The second-order valence-electron chi connectivity index (χ2n) is 3.29. The lowest BCUT2D eigenvalue weighted by Gasteiger charge is -2.13. The van der Waals surface area contributed by atoms with Crippen molar-refractivity contribution in [3.8, 4) is 0 Å². The number of pyridine rings is 1. The molecule has 0 bridgehead atoms. The second-order valence-corrected chi connectivity index (χ2v) is 3.29. The van der Waals surface area contributed by atoms with Crippen molar-refractivity contribution in [2.75, 3.05) is 0 Å². The van der Waals surface area contributed by atoms with Crippen LogP contribution in [0.4, 0.5) is 4.39 Å². The zero-order valence-corrected chi connectivity index (χ0v) is 8.26. The molecule has 0 saturated carbocycles. The average Bonchev–Trinajstić information content (AvgIpc) is 2.16. The molecule has 1 unspecified atom stereocenters. The van der Waals surface area contributed by atoms with Crippen LogP contribution < -0.4 is 0 Å². The van der Waals surface area contributed by atoms with Gasteiger partial charge in [-0.15, -0.1) is 0 Å². The minimum absolute atomic E-state index is 0.115. The predicted octanol–water partition coefficient (Wildman–Crippen LogP) is 3.51. The molecule has 0 saturated heterocycles. The first-order valence-corrected chi connectivity index (χ1v) is 4.89. The fourth-order valence-corrected chi connectivity index (χ4v) is 1.62. The summed E-state index contributed by atoms with van der Waals surface area (Å²) in [6.45, 7) is 4.21. The van der Waals surface area contributed by atoms with Crippen molar-refractivity contribution >= 4 is 0 Å². The van der Waals surface area contributed by atoms with Gasteiger partial charge in [-0.3, -0.25) is 4.98 Å². The Morgan fingerprint density at radius 2 is 2.23 bits per heavy atom. The SMILES string of the molecule is CCCC(CC)c1cnccc1F. The van der Waals surface area contributed by atoms with E-state index >= 15 is 0 Å². The highest BCUT2D eigenvalue weighted by atomic mass is 19.1. The molecule has 0 amide bonds. The van der Waals surface area contributed by atoms with Crippen LogP contribution in [-0.2, 0) is 0 Å². The first-order chi connectivity index (χ1) is 6.29. The smallest absolute Gasteiger partial charge is 0.129 e. The van der Waals surface area contributed by atoms with E-state index in [9.17, 15) is 4.39 Å². The van der Waals surface area contributed by atoms with E-state index in [1.165, 1.54) is 12.3 Å². The molecule has 72 valence electrons. The molecule has 1 heterocycles. The van der Waals surface area contributed by atoms with Crippen molar-refractivity contribution in [3.05, 3.63) is 29.8 Å². The van der Waals surface area contributed by atoms with Gasteiger partial charge in [0.05, 0.1) is 0 Å². The van der Waals surface area contributed by atoms with Gasteiger partial charge in [0, 0.05) is 18.0 Å². The van der Waals surface area contributed by atoms with Gasteiger partial charge in [-0.25, -0.2) is 4.39 Å². The van der Waals surface area contributed by atoms with Crippen LogP contribution in [0.3, 0.4) is 0 Å². The van der Waals surface area contributed by atoms with Gasteiger partial charge in [0.1, 0.15) is 5.82 Å². The lowest BCUT2D eigenvalue weighted by molar-refractivity contribution is 0.536. The number of rotatable bonds is 4. The summed E-state index contributed by atoms with van der Waals surface area (Å²) < 4.78 is 13.3. The van der Waals surface area contributed by atoms with Gasteiger partial charge in [0.2, 0.25) is 0 Å². The van der Waals surface area contributed by atoms with Gasteiger partial charge in [-0.1, -0.05) is 20.3 Å². The van der Waals surface area contributed by atoms with Crippen LogP contribution in [0.15, 0.2) is 18.5 Å². The van der Waals surface area contributed by atoms with Gasteiger partial charge in [0.25, 0.3) is 0 Å². The van der Waals surface area contributed by atoms with Crippen molar-refractivity contribution in [3.63, 3.8) is 0 Å². The maximum atomic E-state index is 13.3. The molecule has 0 aliphatic heterocycles. The molecule has 1 aromatic rings. The molecule has 0 aliphatic carbocycles. The fourth-order valence-electron chi connectivity index (χ4n) is 1.62. The lowest BCUT2D eigenvalue weighted by atomic mass is 9.93. The average molecular weight is 181 g/mol. The molecule has 13 heavy (non-hydrogen) atoms. The molecule has 1 nitrogen and oxygen atoms in total. The summed E-state index contributed by atoms with van der Waals surface area (Å²) in [6, 6.07) is 1.44. The third-order valence-electron chi connectivity index (χ3n) is 2.37. The summed E-state index contributed by atoms with van der Waals surface area (Å²) in [5.41, 5.74) is 0.770. The summed E-state index contributed by atoms with van der Waals surface area (Å²) in [4.78, 5) is 3.96. The summed E-state index contributed by atoms with van der Waals surface area (Å²) in [7, 11) is 0. The minimum atomic E-state index is -0.115. The number of aromatic nitrogens is 1. The van der Waals surface area contributed by atoms with Crippen molar-refractivity contribution in [2.24, 2.45) is 0 Å². The Morgan fingerprint density at radius 3 is 2.77 bits per heavy atom. The Labute approximate surface area is 79.0 Å². The van der Waals surface area contributed by atoms with Gasteiger partial charge < -0.3 is 0 Å². The van der Waals surface area contributed by atoms with Crippen molar-refractivity contribution < 1.29 is 4.39 Å². The van der Waals surface area contributed by atoms with E-state index in [0.29, 0.717) is 5.92 Å². The van der Waals surface area contributed by atoms with Crippen LogP contribution >= 0.6 is 0 Å². The van der Waals surface area contributed by atoms with Crippen LogP contribution in [-0.4, -0.2) is 4.98 Å². The Hall–Kier alpha value is -0.920. The Kier molecular flexibility index (Phi) is 3.87. The van der Waals surface area contributed by atoms with Crippen molar-refractivity contribution in [2.45, 2.75) is 39.0 Å². The Balaban J connectivity index is 2.84. The summed E-state index contributed by atoms with van der Waals surface area (Å²) >= 11 is 0. The quantitative estimate of drug-likeness (QED) is 0.692. The number of hydrogen-bond donors (Lipinski definition) is 0. The summed E-state index contributed by atoms with van der Waals surface area (Å²) in [6.07, 6.45) is 6.26. The maximum absolute atomic E-state index is 13.3. The third kappa shape index (κ3) is 2.51. The van der Waals surface area contributed by atoms with E-state index in [-0.39, 0.29) is 5.82 Å². The standard InChI is InChI=1S/C11H16FN/c1-3-5-9(4-2)10-8-13-7-6-11(10)12/h6-9H,3-5H2,1-2H3. The molecule has 0 aromatic carbocycles. The van der Waals surface area contributed by atoms with Crippen LogP contribution in [0.1, 0.15) is 44.6 Å². The monoisotopic (exact) mass is 181 g/mol. The third-order valence-corrected chi connectivity index (χ3v) is 2.37. The van der Waals surface area contributed by atoms with E-state index in [4.69, 9.17) is 0 Å². The molecule has 0 spiro atoms.